The third-order valence-corrected chi connectivity index (χ3v) is 3.42. The zero-order valence-electron chi connectivity index (χ0n) is 9.81. The van der Waals surface area contributed by atoms with E-state index < -0.39 is 0 Å². The fraction of sp³-hybridized carbons (Fsp3) is 0.143. The van der Waals surface area contributed by atoms with E-state index in [0.29, 0.717) is 6.54 Å². The lowest BCUT2D eigenvalue weighted by Crippen LogP contribution is -2.38. The van der Waals surface area contributed by atoms with Gasteiger partial charge in [0.15, 0.2) is 0 Å². The molecular weight excluding hydrogens is 246 g/mol. The molecule has 0 fully saturated rings. The van der Waals surface area contributed by atoms with Crippen LogP contribution in [0.25, 0.3) is 0 Å². The van der Waals surface area contributed by atoms with Gasteiger partial charge < -0.3 is 16.0 Å². The Balaban J connectivity index is 2.13. The van der Waals surface area contributed by atoms with Gasteiger partial charge in [-0.3, -0.25) is 0 Å². The lowest BCUT2D eigenvalue weighted by atomic mass is 10.2. The molecule has 1 unspecified atom stereocenters. The third kappa shape index (κ3) is 1.72. The molecular formula is C14H14ClN3. The number of anilines is 3. The van der Waals surface area contributed by atoms with Gasteiger partial charge in [0.2, 0.25) is 0 Å². The molecule has 0 aliphatic carbocycles. The summed E-state index contributed by atoms with van der Waals surface area (Å²) in [6.07, 6.45) is 0.0438. The first-order valence-corrected chi connectivity index (χ1v) is 6.28. The van der Waals surface area contributed by atoms with Gasteiger partial charge in [0.05, 0.1) is 16.4 Å². The number of nitrogens with one attached hydrogen (secondary N) is 1. The van der Waals surface area contributed by atoms with Crippen LogP contribution in [0.15, 0.2) is 48.5 Å². The summed E-state index contributed by atoms with van der Waals surface area (Å²) in [5.41, 5.74) is 8.96. The number of benzene rings is 2. The van der Waals surface area contributed by atoms with E-state index in [4.69, 9.17) is 17.3 Å². The van der Waals surface area contributed by atoms with E-state index in [1.807, 2.05) is 36.4 Å². The third-order valence-electron chi connectivity index (χ3n) is 3.12. The van der Waals surface area contributed by atoms with E-state index in [1.54, 1.807) is 0 Å². The van der Waals surface area contributed by atoms with Crippen LogP contribution in [-0.4, -0.2) is 12.7 Å². The number of halogens is 1. The predicted molar refractivity (Wildman–Crippen MR) is 76.5 cm³/mol. The molecule has 0 spiro atoms. The van der Waals surface area contributed by atoms with Crippen molar-refractivity contribution in [1.29, 1.82) is 0 Å². The summed E-state index contributed by atoms with van der Waals surface area (Å²) in [5.74, 6) is 0. The summed E-state index contributed by atoms with van der Waals surface area (Å²) in [6, 6.07) is 16.0. The second-order valence-electron chi connectivity index (χ2n) is 4.24. The summed E-state index contributed by atoms with van der Waals surface area (Å²) < 4.78 is 0. The molecule has 0 radical (unpaired) electrons. The molecule has 92 valence electrons. The van der Waals surface area contributed by atoms with E-state index in [-0.39, 0.29) is 6.17 Å². The molecule has 2 aromatic rings. The predicted octanol–water partition coefficient (Wildman–Crippen LogP) is 3.19. The Labute approximate surface area is 111 Å². The minimum Gasteiger partial charge on any atom is -0.362 e. The zero-order chi connectivity index (χ0) is 12.5. The Hall–Kier alpha value is -1.71. The van der Waals surface area contributed by atoms with Crippen molar-refractivity contribution in [2.75, 3.05) is 16.8 Å². The van der Waals surface area contributed by atoms with Crippen LogP contribution in [0, 0.1) is 0 Å². The van der Waals surface area contributed by atoms with Gasteiger partial charge >= 0.3 is 0 Å². The molecule has 0 amide bonds. The van der Waals surface area contributed by atoms with Crippen molar-refractivity contribution >= 4 is 28.7 Å². The molecule has 0 bridgehead atoms. The van der Waals surface area contributed by atoms with Crippen LogP contribution in [0.3, 0.4) is 0 Å². The standard InChI is InChI=1S/C14H14ClN3/c15-11-7-4-8-12-14(11)18(13(9-16)17-12)10-5-2-1-3-6-10/h1-8,13,17H,9,16H2. The summed E-state index contributed by atoms with van der Waals surface area (Å²) >= 11 is 6.31. The van der Waals surface area contributed by atoms with Crippen LogP contribution in [0.5, 0.6) is 0 Å². The van der Waals surface area contributed by atoms with Crippen molar-refractivity contribution in [3.05, 3.63) is 53.6 Å². The second kappa shape index (κ2) is 4.52. The maximum Gasteiger partial charge on any atom is 0.116 e. The average Bonchev–Trinajstić information content (AvgIpc) is 2.79. The highest BCUT2D eigenvalue weighted by Crippen LogP contribution is 2.44. The summed E-state index contributed by atoms with van der Waals surface area (Å²) in [4.78, 5) is 2.15. The van der Waals surface area contributed by atoms with Crippen molar-refractivity contribution in [3.8, 4) is 0 Å². The first-order valence-electron chi connectivity index (χ1n) is 5.90. The van der Waals surface area contributed by atoms with Crippen LogP contribution in [0.4, 0.5) is 17.1 Å². The minimum atomic E-state index is 0.0438. The molecule has 2 aromatic carbocycles. The highest BCUT2D eigenvalue weighted by Gasteiger charge is 2.30. The van der Waals surface area contributed by atoms with Crippen LogP contribution < -0.4 is 16.0 Å². The molecule has 1 aliphatic rings. The molecule has 0 saturated carbocycles. The first-order chi connectivity index (χ1) is 8.81. The lowest BCUT2D eigenvalue weighted by molar-refractivity contribution is 0.765. The van der Waals surface area contributed by atoms with E-state index in [0.717, 1.165) is 22.1 Å². The maximum absolute atomic E-state index is 6.31. The maximum atomic E-state index is 6.31. The topological polar surface area (TPSA) is 41.3 Å². The molecule has 3 N–H and O–H groups in total. The number of nitrogens with zero attached hydrogens (tertiary/aromatic N) is 1. The van der Waals surface area contributed by atoms with Gasteiger partial charge in [-0.2, -0.15) is 0 Å². The quantitative estimate of drug-likeness (QED) is 0.870. The molecule has 1 aliphatic heterocycles. The first kappa shape index (κ1) is 11.4. The largest absolute Gasteiger partial charge is 0.362 e. The van der Waals surface area contributed by atoms with Crippen molar-refractivity contribution in [3.63, 3.8) is 0 Å². The number of nitrogens with two attached hydrogens (primary N) is 1. The highest BCUT2D eigenvalue weighted by atomic mass is 35.5. The van der Waals surface area contributed by atoms with Gasteiger partial charge in [-0.15, -0.1) is 0 Å². The normalized spacial score (nSPS) is 17.4. The summed E-state index contributed by atoms with van der Waals surface area (Å²) in [6.45, 7) is 0.514. The number of fused-ring (bicyclic) bond motifs is 1. The number of hydrogen-bond acceptors (Lipinski definition) is 3. The summed E-state index contributed by atoms with van der Waals surface area (Å²) in [5, 5.41) is 4.13. The molecule has 0 aromatic heterocycles. The molecule has 3 nitrogen and oxygen atoms in total. The van der Waals surface area contributed by atoms with Gasteiger partial charge in [-0.25, -0.2) is 0 Å². The van der Waals surface area contributed by atoms with Crippen molar-refractivity contribution in [2.45, 2.75) is 6.17 Å². The zero-order valence-corrected chi connectivity index (χ0v) is 10.6. The molecule has 0 saturated heterocycles. The summed E-state index contributed by atoms with van der Waals surface area (Å²) in [7, 11) is 0. The molecule has 1 heterocycles. The fourth-order valence-electron chi connectivity index (χ4n) is 2.34. The number of rotatable bonds is 2. The molecule has 3 rings (SSSR count). The van der Waals surface area contributed by atoms with Gasteiger partial charge in [0, 0.05) is 12.2 Å². The molecule has 18 heavy (non-hydrogen) atoms. The number of hydrogen-bond donors (Lipinski definition) is 2. The van der Waals surface area contributed by atoms with Crippen molar-refractivity contribution < 1.29 is 0 Å². The van der Waals surface area contributed by atoms with E-state index >= 15 is 0 Å². The Kier molecular flexibility index (Phi) is 2.86. The van der Waals surface area contributed by atoms with Crippen molar-refractivity contribution in [1.82, 2.24) is 0 Å². The van der Waals surface area contributed by atoms with Crippen LogP contribution in [0.1, 0.15) is 0 Å². The fourth-order valence-corrected chi connectivity index (χ4v) is 2.60. The van der Waals surface area contributed by atoms with Crippen LogP contribution in [0.2, 0.25) is 5.02 Å². The Bertz CT molecular complexity index is 556. The number of para-hydroxylation sites is 2. The lowest BCUT2D eigenvalue weighted by Gasteiger charge is -2.26. The minimum absolute atomic E-state index is 0.0438. The Morgan fingerprint density at radius 3 is 2.61 bits per heavy atom. The van der Waals surface area contributed by atoms with Gasteiger partial charge in [0.1, 0.15) is 6.17 Å². The average molecular weight is 260 g/mol. The molecule has 1 atom stereocenters. The highest BCUT2D eigenvalue weighted by molar-refractivity contribution is 6.34. The van der Waals surface area contributed by atoms with Crippen LogP contribution >= 0.6 is 11.6 Å². The monoisotopic (exact) mass is 259 g/mol. The van der Waals surface area contributed by atoms with E-state index in [1.165, 1.54) is 0 Å². The van der Waals surface area contributed by atoms with E-state index in [9.17, 15) is 0 Å². The SMILES string of the molecule is NCC1Nc2cccc(Cl)c2N1c1ccccc1. The Morgan fingerprint density at radius 2 is 1.89 bits per heavy atom. The van der Waals surface area contributed by atoms with Gasteiger partial charge in [-0.05, 0) is 24.3 Å². The van der Waals surface area contributed by atoms with Crippen LogP contribution in [-0.2, 0) is 0 Å². The van der Waals surface area contributed by atoms with E-state index in [2.05, 4.69) is 22.3 Å². The smallest absolute Gasteiger partial charge is 0.116 e. The van der Waals surface area contributed by atoms with Gasteiger partial charge in [-0.1, -0.05) is 35.9 Å². The Morgan fingerprint density at radius 1 is 1.11 bits per heavy atom. The van der Waals surface area contributed by atoms with Crippen molar-refractivity contribution in [2.24, 2.45) is 5.73 Å². The van der Waals surface area contributed by atoms with Gasteiger partial charge in [0.25, 0.3) is 0 Å². The molecule has 4 heteroatoms. The second-order valence-corrected chi connectivity index (χ2v) is 4.64.